The number of hydrogen-bond donors (Lipinski definition) is 0. The molecule has 2 nitrogen and oxygen atoms in total. The third-order valence-electron chi connectivity index (χ3n) is 2.16. The Labute approximate surface area is 87.3 Å². The van der Waals surface area contributed by atoms with E-state index < -0.39 is 0 Å². The maximum Gasteiger partial charge on any atom is 0.308 e. The van der Waals surface area contributed by atoms with E-state index >= 15 is 0 Å². The zero-order valence-corrected chi connectivity index (χ0v) is 9.42. The fraction of sp³-hybridized carbons (Fsp3) is 0.750. The fourth-order valence-corrected chi connectivity index (χ4v) is 1.19. The topological polar surface area (TPSA) is 26.3 Å². The smallest absolute Gasteiger partial charge is 0.308 e. The molecule has 14 heavy (non-hydrogen) atoms. The van der Waals surface area contributed by atoms with Crippen LogP contribution in [0.15, 0.2) is 12.7 Å². The lowest BCUT2D eigenvalue weighted by Crippen LogP contribution is -2.14. The summed E-state index contributed by atoms with van der Waals surface area (Å²) in [7, 11) is 0. The van der Waals surface area contributed by atoms with Gasteiger partial charge in [-0.05, 0) is 12.8 Å². The van der Waals surface area contributed by atoms with Gasteiger partial charge in [-0.1, -0.05) is 39.2 Å². The molecule has 0 aliphatic carbocycles. The first-order valence-corrected chi connectivity index (χ1v) is 5.49. The Kier molecular flexibility index (Phi) is 8.30. The van der Waals surface area contributed by atoms with Crippen LogP contribution in [0, 0.1) is 5.92 Å². The Balaban J connectivity index is 3.38. The number of unbranched alkanes of at least 4 members (excludes halogenated alkanes) is 3. The molecular formula is C12H22O2. The highest BCUT2D eigenvalue weighted by molar-refractivity contribution is 5.72. The summed E-state index contributed by atoms with van der Waals surface area (Å²) >= 11 is 0. The molecule has 0 saturated carbocycles. The molecule has 0 fully saturated rings. The van der Waals surface area contributed by atoms with Crippen molar-refractivity contribution in [2.75, 3.05) is 6.61 Å². The Morgan fingerprint density at radius 3 is 2.71 bits per heavy atom. The minimum Gasteiger partial charge on any atom is -0.465 e. The molecule has 2 heteroatoms. The molecule has 0 amide bonds. The minimum atomic E-state index is -0.0959. The third kappa shape index (κ3) is 6.70. The maximum atomic E-state index is 11.3. The summed E-state index contributed by atoms with van der Waals surface area (Å²) in [5, 5.41) is 0. The molecule has 0 aliphatic heterocycles. The summed E-state index contributed by atoms with van der Waals surface area (Å²) in [6.45, 7) is 8.20. The monoisotopic (exact) mass is 198 g/mol. The Morgan fingerprint density at radius 1 is 1.43 bits per heavy atom. The molecule has 1 atom stereocenters. The van der Waals surface area contributed by atoms with Crippen LogP contribution in [0.2, 0.25) is 0 Å². The Morgan fingerprint density at radius 2 is 2.14 bits per heavy atom. The molecule has 0 aromatic heterocycles. The number of esters is 1. The van der Waals surface area contributed by atoms with Gasteiger partial charge in [0.25, 0.3) is 0 Å². The second-order valence-electron chi connectivity index (χ2n) is 3.65. The number of allylic oxidation sites excluding steroid dienone is 1. The minimum absolute atomic E-state index is 0.0429. The molecule has 0 N–H and O–H groups in total. The summed E-state index contributed by atoms with van der Waals surface area (Å²) in [5.41, 5.74) is 0. The van der Waals surface area contributed by atoms with E-state index in [9.17, 15) is 4.79 Å². The highest BCUT2D eigenvalue weighted by atomic mass is 16.5. The molecule has 0 radical (unpaired) electrons. The van der Waals surface area contributed by atoms with Crippen molar-refractivity contribution in [1.82, 2.24) is 0 Å². The zero-order chi connectivity index (χ0) is 10.8. The second kappa shape index (κ2) is 8.79. The van der Waals surface area contributed by atoms with Gasteiger partial charge in [0.15, 0.2) is 0 Å². The van der Waals surface area contributed by atoms with E-state index in [1.165, 1.54) is 12.8 Å². The predicted octanol–water partition coefficient (Wildman–Crippen LogP) is 3.32. The van der Waals surface area contributed by atoms with E-state index in [0.717, 1.165) is 12.8 Å². The first-order chi connectivity index (χ1) is 6.72. The number of carbonyl (C=O) groups excluding carboxylic acids is 1. The van der Waals surface area contributed by atoms with Crippen LogP contribution < -0.4 is 0 Å². The van der Waals surface area contributed by atoms with Crippen LogP contribution >= 0.6 is 0 Å². The van der Waals surface area contributed by atoms with Crippen molar-refractivity contribution in [2.24, 2.45) is 5.92 Å². The van der Waals surface area contributed by atoms with E-state index in [-0.39, 0.29) is 11.9 Å². The van der Waals surface area contributed by atoms with Crippen molar-refractivity contribution < 1.29 is 9.53 Å². The van der Waals surface area contributed by atoms with Crippen LogP contribution in [0.1, 0.15) is 46.0 Å². The van der Waals surface area contributed by atoms with Gasteiger partial charge in [0, 0.05) is 0 Å². The van der Waals surface area contributed by atoms with Gasteiger partial charge >= 0.3 is 5.97 Å². The molecule has 0 aromatic carbocycles. The summed E-state index contributed by atoms with van der Waals surface area (Å²) < 4.78 is 5.12. The number of ether oxygens (including phenoxy) is 1. The van der Waals surface area contributed by atoms with Crippen LogP contribution in [0.4, 0.5) is 0 Å². The van der Waals surface area contributed by atoms with Crippen LogP contribution in [0.25, 0.3) is 0 Å². The Hall–Kier alpha value is -0.790. The molecule has 0 aromatic rings. The van der Waals surface area contributed by atoms with Gasteiger partial charge in [0.2, 0.25) is 0 Å². The van der Waals surface area contributed by atoms with E-state index in [1.54, 1.807) is 6.08 Å². The fourth-order valence-electron chi connectivity index (χ4n) is 1.19. The zero-order valence-electron chi connectivity index (χ0n) is 9.42. The summed E-state index contributed by atoms with van der Waals surface area (Å²) in [5.74, 6) is -0.139. The SMILES string of the molecule is C=CC[C@H](C)C(=O)OCCCCCC. The van der Waals surface area contributed by atoms with E-state index in [2.05, 4.69) is 13.5 Å². The molecule has 0 heterocycles. The molecular weight excluding hydrogens is 176 g/mol. The molecule has 0 bridgehead atoms. The lowest BCUT2D eigenvalue weighted by Gasteiger charge is -2.08. The van der Waals surface area contributed by atoms with Crippen LogP contribution in [0.5, 0.6) is 0 Å². The van der Waals surface area contributed by atoms with Gasteiger partial charge in [-0.2, -0.15) is 0 Å². The highest BCUT2D eigenvalue weighted by Crippen LogP contribution is 2.06. The maximum absolute atomic E-state index is 11.3. The molecule has 0 unspecified atom stereocenters. The average molecular weight is 198 g/mol. The van der Waals surface area contributed by atoms with Crippen LogP contribution in [-0.2, 0) is 9.53 Å². The van der Waals surface area contributed by atoms with Crippen LogP contribution in [0.3, 0.4) is 0 Å². The van der Waals surface area contributed by atoms with Gasteiger partial charge in [0.1, 0.15) is 0 Å². The van der Waals surface area contributed by atoms with Crippen molar-refractivity contribution in [3.63, 3.8) is 0 Å². The molecule has 0 aliphatic rings. The van der Waals surface area contributed by atoms with Crippen molar-refractivity contribution in [3.8, 4) is 0 Å². The number of carbonyl (C=O) groups is 1. The van der Waals surface area contributed by atoms with E-state index in [1.807, 2.05) is 6.92 Å². The number of rotatable bonds is 8. The second-order valence-corrected chi connectivity index (χ2v) is 3.65. The van der Waals surface area contributed by atoms with Crippen molar-refractivity contribution in [1.29, 1.82) is 0 Å². The van der Waals surface area contributed by atoms with Gasteiger partial charge < -0.3 is 4.74 Å². The van der Waals surface area contributed by atoms with E-state index in [4.69, 9.17) is 4.74 Å². The highest BCUT2D eigenvalue weighted by Gasteiger charge is 2.11. The molecule has 0 spiro atoms. The quantitative estimate of drug-likeness (QED) is 0.340. The summed E-state index contributed by atoms with van der Waals surface area (Å²) in [6, 6.07) is 0. The van der Waals surface area contributed by atoms with Gasteiger partial charge in [0.05, 0.1) is 12.5 Å². The molecule has 0 saturated heterocycles. The molecule has 82 valence electrons. The Bertz CT molecular complexity index is 164. The van der Waals surface area contributed by atoms with Crippen molar-refractivity contribution >= 4 is 5.97 Å². The standard InChI is InChI=1S/C12H22O2/c1-4-6-7-8-10-14-12(13)11(3)9-5-2/h5,11H,2,4,6-10H2,1,3H3/t11-/m0/s1. The first-order valence-electron chi connectivity index (χ1n) is 5.49. The van der Waals surface area contributed by atoms with E-state index in [0.29, 0.717) is 13.0 Å². The molecule has 0 rings (SSSR count). The van der Waals surface area contributed by atoms with Gasteiger partial charge in [-0.25, -0.2) is 0 Å². The van der Waals surface area contributed by atoms with Gasteiger partial charge in [-0.3, -0.25) is 4.79 Å². The average Bonchev–Trinajstić information content (AvgIpc) is 2.17. The normalized spacial score (nSPS) is 12.1. The van der Waals surface area contributed by atoms with Gasteiger partial charge in [-0.15, -0.1) is 6.58 Å². The van der Waals surface area contributed by atoms with Crippen molar-refractivity contribution in [3.05, 3.63) is 12.7 Å². The first kappa shape index (κ1) is 13.2. The summed E-state index contributed by atoms with van der Waals surface area (Å²) in [6.07, 6.45) is 7.03. The lowest BCUT2D eigenvalue weighted by atomic mass is 10.1. The largest absolute Gasteiger partial charge is 0.465 e. The summed E-state index contributed by atoms with van der Waals surface area (Å²) in [4.78, 5) is 11.3. The third-order valence-corrected chi connectivity index (χ3v) is 2.16. The lowest BCUT2D eigenvalue weighted by molar-refractivity contribution is -0.147. The van der Waals surface area contributed by atoms with Crippen molar-refractivity contribution in [2.45, 2.75) is 46.0 Å². The predicted molar refractivity (Wildman–Crippen MR) is 59.1 cm³/mol. The van der Waals surface area contributed by atoms with Crippen LogP contribution in [-0.4, -0.2) is 12.6 Å². The number of hydrogen-bond acceptors (Lipinski definition) is 2.